The van der Waals surface area contributed by atoms with Gasteiger partial charge in [-0.05, 0) is 47.7 Å². The highest BCUT2D eigenvalue weighted by Crippen LogP contribution is 2.38. The molecule has 1 aliphatic heterocycles. The number of ether oxygens (including phenoxy) is 1. The third kappa shape index (κ3) is 7.10. The molecule has 8 heteroatoms. The minimum atomic E-state index is -2.50. The van der Waals surface area contributed by atoms with Crippen molar-refractivity contribution in [2.45, 2.75) is 76.6 Å². The topological polar surface area (TPSA) is 69.3 Å². The number of hydrogen-bond donors (Lipinski definition) is 1. The van der Waals surface area contributed by atoms with E-state index < -0.39 is 8.80 Å². The van der Waals surface area contributed by atoms with E-state index in [4.69, 9.17) is 18.0 Å². The quantitative estimate of drug-likeness (QED) is 0.322. The molecule has 1 heterocycles. The Kier molecular flexibility index (Phi) is 9.37. The van der Waals surface area contributed by atoms with Crippen LogP contribution in [0.2, 0.25) is 6.04 Å². The predicted octanol–water partition coefficient (Wildman–Crippen LogP) is 2.43. The summed E-state index contributed by atoms with van der Waals surface area (Å²) in [5.41, 5.74) is 0.0385. The first-order valence-corrected chi connectivity index (χ1v) is 11.7. The van der Waals surface area contributed by atoms with Gasteiger partial charge >= 0.3 is 14.8 Å². The zero-order chi connectivity index (χ0) is 20.7. The molecule has 0 aliphatic carbocycles. The summed E-state index contributed by atoms with van der Waals surface area (Å²) < 4.78 is 22.0. The highest BCUT2D eigenvalue weighted by atomic mass is 28.4. The maximum atomic E-state index is 12.2. The van der Waals surface area contributed by atoms with Crippen LogP contribution in [0.5, 0.6) is 0 Å². The number of esters is 1. The Morgan fingerprint density at radius 2 is 1.56 bits per heavy atom. The van der Waals surface area contributed by atoms with E-state index in [9.17, 15) is 4.79 Å². The minimum Gasteiger partial charge on any atom is -0.462 e. The molecule has 0 aromatic heterocycles. The summed E-state index contributed by atoms with van der Waals surface area (Å²) in [5, 5.41) is 3.28. The summed E-state index contributed by atoms with van der Waals surface area (Å²) in [7, 11) is 4.51. The lowest BCUT2D eigenvalue weighted by Crippen LogP contribution is -2.60. The monoisotopic (exact) mass is 404 g/mol. The second-order valence-corrected chi connectivity index (χ2v) is 11.7. The predicted molar refractivity (Wildman–Crippen MR) is 109 cm³/mol. The molecule has 0 radical (unpaired) electrons. The number of hydrogen-bond acceptors (Lipinski definition) is 7. The lowest BCUT2D eigenvalue weighted by molar-refractivity contribution is -0.158. The van der Waals surface area contributed by atoms with Gasteiger partial charge in [0, 0.05) is 57.8 Å². The summed E-state index contributed by atoms with van der Waals surface area (Å²) in [5.74, 6) is -0.127. The molecule has 0 aromatic carbocycles. The number of carbonyl (C=O) groups is 1. The first-order valence-electron chi connectivity index (χ1n) is 9.81. The molecule has 7 nitrogen and oxygen atoms in total. The number of likely N-dealkylation sites (tertiary alicyclic amines) is 1. The average Bonchev–Trinajstić information content (AvgIpc) is 2.59. The Balaban J connectivity index is 2.28. The van der Waals surface area contributed by atoms with Crippen LogP contribution < -0.4 is 5.32 Å². The van der Waals surface area contributed by atoms with Crippen LogP contribution in [-0.2, 0) is 22.8 Å². The molecule has 0 unspecified atom stereocenters. The van der Waals surface area contributed by atoms with E-state index in [2.05, 4.69) is 45.0 Å². The van der Waals surface area contributed by atoms with E-state index in [0.29, 0.717) is 13.0 Å². The first kappa shape index (κ1) is 24.5. The van der Waals surface area contributed by atoms with E-state index in [1.54, 1.807) is 21.3 Å². The van der Waals surface area contributed by atoms with Gasteiger partial charge in [-0.15, -0.1) is 0 Å². The minimum absolute atomic E-state index is 0.0181. The van der Waals surface area contributed by atoms with Crippen molar-refractivity contribution < 1.29 is 22.8 Å². The molecule has 160 valence electrons. The van der Waals surface area contributed by atoms with Gasteiger partial charge in [0.2, 0.25) is 0 Å². The van der Waals surface area contributed by atoms with Crippen LogP contribution in [0.25, 0.3) is 0 Å². The van der Waals surface area contributed by atoms with Gasteiger partial charge in [0.15, 0.2) is 0 Å². The maximum Gasteiger partial charge on any atom is 0.500 e. The summed E-state index contributed by atoms with van der Waals surface area (Å²) in [6.45, 7) is 10.2. The van der Waals surface area contributed by atoms with Crippen LogP contribution in [0.1, 0.15) is 53.4 Å². The third-order valence-corrected chi connectivity index (χ3v) is 8.68. The van der Waals surface area contributed by atoms with Crippen molar-refractivity contribution in [2.75, 3.05) is 41.5 Å². The van der Waals surface area contributed by atoms with Crippen LogP contribution in [0.3, 0.4) is 0 Å². The van der Waals surface area contributed by atoms with Crippen molar-refractivity contribution in [3.63, 3.8) is 0 Å². The Morgan fingerprint density at radius 1 is 1.04 bits per heavy atom. The molecule has 0 saturated carbocycles. The Labute approximate surface area is 166 Å². The Hall–Kier alpha value is -0.513. The van der Waals surface area contributed by atoms with Gasteiger partial charge in [0.1, 0.15) is 6.10 Å². The van der Waals surface area contributed by atoms with Gasteiger partial charge in [0.05, 0.1) is 6.42 Å². The van der Waals surface area contributed by atoms with E-state index in [0.717, 1.165) is 31.9 Å². The van der Waals surface area contributed by atoms with E-state index in [1.165, 1.54) is 0 Å². The molecular formula is C19H40N2O5Si. The van der Waals surface area contributed by atoms with Crippen LogP contribution >= 0.6 is 0 Å². The van der Waals surface area contributed by atoms with Gasteiger partial charge in [-0.3, -0.25) is 9.69 Å². The van der Waals surface area contributed by atoms with Crippen molar-refractivity contribution in [3.05, 3.63) is 0 Å². The van der Waals surface area contributed by atoms with E-state index in [1.807, 2.05) is 0 Å². The van der Waals surface area contributed by atoms with Crippen LogP contribution in [0.15, 0.2) is 0 Å². The lowest BCUT2D eigenvalue weighted by Gasteiger charge is -2.53. The molecule has 1 rings (SSSR count). The van der Waals surface area contributed by atoms with Gasteiger partial charge in [0.25, 0.3) is 0 Å². The fourth-order valence-corrected chi connectivity index (χ4v) is 5.63. The van der Waals surface area contributed by atoms with Gasteiger partial charge in [-0.2, -0.15) is 0 Å². The molecule has 0 aromatic rings. The zero-order valence-electron chi connectivity index (χ0n) is 18.5. The number of piperidine rings is 1. The molecule has 0 bridgehead atoms. The molecule has 1 N–H and O–H groups in total. The number of nitrogens with zero attached hydrogens (tertiary/aromatic N) is 1. The fourth-order valence-electron chi connectivity index (χ4n) is 3.91. The molecule has 0 atom stereocenters. The van der Waals surface area contributed by atoms with Crippen LogP contribution in [0, 0.1) is 0 Å². The maximum absolute atomic E-state index is 12.2. The largest absolute Gasteiger partial charge is 0.500 e. The molecule has 1 aliphatic rings. The van der Waals surface area contributed by atoms with E-state index in [-0.39, 0.29) is 23.2 Å². The SMILES string of the molecule is CO[Si](CCCNCCC(=O)OC1CC(C)(C)N(C)C(C)(C)C1)(OC)OC. The highest BCUT2D eigenvalue weighted by Gasteiger charge is 2.44. The summed E-state index contributed by atoms with van der Waals surface area (Å²) >= 11 is 0. The zero-order valence-corrected chi connectivity index (χ0v) is 19.5. The Morgan fingerprint density at radius 3 is 2.04 bits per heavy atom. The summed E-state index contributed by atoms with van der Waals surface area (Å²) in [6.07, 6.45) is 2.96. The van der Waals surface area contributed by atoms with Crippen molar-refractivity contribution >= 4 is 14.8 Å². The molecule has 1 saturated heterocycles. The molecular weight excluding hydrogens is 364 g/mol. The number of carbonyl (C=O) groups excluding carboxylic acids is 1. The second kappa shape index (κ2) is 10.3. The summed E-state index contributed by atoms with van der Waals surface area (Å²) in [4.78, 5) is 14.6. The molecule has 0 spiro atoms. The number of nitrogens with one attached hydrogen (secondary N) is 1. The molecule has 0 amide bonds. The van der Waals surface area contributed by atoms with Gasteiger partial charge in [-0.1, -0.05) is 0 Å². The Bertz CT molecular complexity index is 443. The standard InChI is InChI=1S/C19H40N2O5Si/c1-18(2)14-16(15-19(3,4)21(18)5)26-17(22)10-12-20-11-9-13-27(23-6,24-7)25-8/h16,20H,9-15H2,1-8H3. The molecule has 1 fully saturated rings. The van der Waals surface area contributed by atoms with E-state index >= 15 is 0 Å². The fraction of sp³-hybridized carbons (Fsp3) is 0.947. The van der Waals surface area contributed by atoms with Crippen LogP contribution in [-0.4, -0.2) is 78.3 Å². The van der Waals surface area contributed by atoms with Crippen molar-refractivity contribution in [2.24, 2.45) is 0 Å². The average molecular weight is 405 g/mol. The highest BCUT2D eigenvalue weighted by molar-refractivity contribution is 6.60. The smallest absolute Gasteiger partial charge is 0.462 e. The number of rotatable bonds is 11. The first-order chi connectivity index (χ1) is 12.5. The van der Waals surface area contributed by atoms with Gasteiger partial charge < -0.3 is 23.3 Å². The summed E-state index contributed by atoms with van der Waals surface area (Å²) in [6, 6.07) is 0.744. The molecule has 27 heavy (non-hydrogen) atoms. The third-order valence-electron chi connectivity index (χ3n) is 5.84. The normalized spacial score (nSPS) is 20.6. The van der Waals surface area contributed by atoms with Gasteiger partial charge in [-0.25, -0.2) is 0 Å². The lowest BCUT2D eigenvalue weighted by atomic mass is 9.79. The van der Waals surface area contributed by atoms with Crippen molar-refractivity contribution in [1.29, 1.82) is 0 Å². The second-order valence-electron chi connectivity index (χ2n) is 8.60. The van der Waals surface area contributed by atoms with Crippen molar-refractivity contribution in [1.82, 2.24) is 10.2 Å². The van der Waals surface area contributed by atoms with Crippen LogP contribution in [0.4, 0.5) is 0 Å². The van der Waals surface area contributed by atoms with Crippen molar-refractivity contribution in [3.8, 4) is 0 Å².